The van der Waals surface area contributed by atoms with Gasteiger partial charge in [0, 0.05) is 33.4 Å². The van der Waals surface area contributed by atoms with Crippen molar-refractivity contribution in [3.63, 3.8) is 0 Å². The smallest absolute Gasteiger partial charge is 0.410 e. The first-order valence-corrected chi connectivity index (χ1v) is 11.8. The number of likely N-dealkylation sites (N-methyl/N-ethyl adjacent to an activating group) is 1. The lowest BCUT2D eigenvalue weighted by Crippen LogP contribution is -2.41. The predicted octanol–water partition coefficient (Wildman–Crippen LogP) is 4.72. The van der Waals surface area contributed by atoms with Crippen molar-refractivity contribution in [1.82, 2.24) is 9.80 Å². The third-order valence-electron chi connectivity index (χ3n) is 6.15. The van der Waals surface area contributed by atoms with Crippen LogP contribution in [-0.4, -0.2) is 75.5 Å². The lowest BCUT2D eigenvalue weighted by atomic mass is 9.92. The van der Waals surface area contributed by atoms with E-state index < -0.39 is 0 Å². The van der Waals surface area contributed by atoms with Crippen molar-refractivity contribution >= 4 is 6.09 Å². The Morgan fingerprint density at radius 1 is 0.935 bits per heavy atom. The maximum Gasteiger partial charge on any atom is 0.410 e. The Hall–Kier alpha value is -1.63. The number of hydrogen-bond donors (Lipinski definition) is 0. The van der Waals surface area contributed by atoms with Gasteiger partial charge < -0.3 is 24.0 Å². The Balaban J connectivity index is 1.49. The Labute approximate surface area is 188 Å². The van der Waals surface area contributed by atoms with E-state index in [1.165, 1.54) is 19.3 Å². The maximum absolute atomic E-state index is 12.4. The van der Waals surface area contributed by atoms with Crippen molar-refractivity contribution in [2.75, 3.05) is 47.5 Å². The highest BCUT2D eigenvalue weighted by molar-refractivity contribution is 5.67. The van der Waals surface area contributed by atoms with Gasteiger partial charge >= 0.3 is 6.09 Å². The van der Waals surface area contributed by atoms with Gasteiger partial charge in [-0.3, -0.25) is 0 Å². The summed E-state index contributed by atoms with van der Waals surface area (Å²) in [6, 6.07) is 10.1. The third-order valence-corrected chi connectivity index (χ3v) is 6.15. The molecule has 0 aromatic heterocycles. The molecule has 0 spiro atoms. The summed E-state index contributed by atoms with van der Waals surface area (Å²) in [6.45, 7) is 4.12. The number of rotatable bonds is 14. The SMILES string of the molecule is COCCN(C)CCCCCCOC1CCC(N(C)C(=O)OCc2ccccc2)CC1. The zero-order chi connectivity index (χ0) is 22.3. The number of carbonyl (C=O) groups excluding carboxylic acids is 1. The van der Waals surface area contributed by atoms with Crippen LogP contribution in [0.15, 0.2) is 30.3 Å². The molecule has 0 atom stereocenters. The maximum atomic E-state index is 12.4. The number of amides is 1. The summed E-state index contributed by atoms with van der Waals surface area (Å²) in [4.78, 5) is 16.4. The minimum absolute atomic E-state index is 0.235. The molecule has 6 heteroatoms. The minimum Gasteiger partial charge on any atom is -0.445 e. The Kier molecular flexibility index (Phi) is 12.6. The van der Waals surface area contributed by atoms with E-state index in [0.717, 1.165) is 64.0 Å². The number of unbranched alkanes of at least 4 members (excludes halogenated alkanes) is 3. The second kappa shape index (κ2) is 15.2. The molecule has 1 aliphatic rings. The number of hydrogen-bond acceptors (Lipinski definition) is 5. The first kappa shape index (κ1) is 25.6. The molecular weight excluding hydrogens is 392 g/mol. The first-order chi connectivity index (χ1) is 15.1. The molecule has 1 saturated carbocycles. The third kappa shape index (κ3) is 10.5. The van der Waals surface area contributed by atoms with Crippen molar-refractivity contribution in [1.29, 1.82) is 0 Å². The van der Waals surface area contributed by atoms with Gasteiger partial charge in [-0.1, -0.05) is 43.2 Å². The lowest BCUT2D eigenvalue weighted by molar-refractivity contribution is 0.00692. The minimum atomic E-state index is -0.235. The molecule has 6 nitrogen and oxygen atoms in total. The van der Waals surface area contributed by atoms with E-state index in [1.807, 2.05) is 37.4 Å². The fraction of sp³-hybridized carbons (Fsp3) is 0.720. The fourth-order valence-electron chi connectivity index (χ4n) is 4.02. The zero-order valence-corrected chi connectivity index (χ0v) is 19.8. The van der Waals surface area contributed by atoms with Gasteiger partial charge in [-0.25, -0.2) is 4.79 Å². The summed E-state index contributed by atoms with van der Waals surface area (Å²) < 4.78 is 16.7. The largest absolute Gasteiger partial charge is 0.445 e. The Morgan fingerprint density at radius 3 is 2.35 bits per heavy atom. The molecule has 31 heavy (non-hydrogen) atoms. The van der Waals surface area contributed by atoms with E-state index in [1.54, 1.807) is 12.0 Å². The molecule has 176 valence electrons. The highest BCUT2D eigenvalue weighted by atomic mass is 16.6. The van der Waals surface area contributed by atoms with Crippen LogP contribution in [0, 0.1) is 0 Å². The van der Waals surface area contributed by atoms with Crippen molar-refractivity contribution in [3.05, 3.63) is 35.9 Å². The molecule has 0 N–H and O–H groups in total. The molecule has 0 radical (unpaired) electrons. The van der Waals surface area contributed by atoms with Gasteiger partial charge in [0.1, 0.15) is 6.61 Å². The summed E-state index contributed by atoms with van der Waals surface area (Å²) in [5.41, 5.74) is 1.01. The average molecular weight is 435 g/mol. The molecule has 1 fully saturated rings. The van der Waals surface area contributed by atoms with Crippen LogP contribution < -0.4 is 0 Å². The molecule has 2 rings (SSSR count). The van der Waals surface area contributed by atoms with E-state index in [2.05, 4.69) is 11.9 Å². The van der Waals surface area contributed by atoms with Crippen LogP contribution in [0.5, 0.6) is 0 Å². The highest BCUT2D eigenvalue weighted by Gasteiger charge is 2.27. The molecule has 1 amide bonds. The number of nitrogens with zero attached hydrogens (tertiary/aromatic N) is 2. The van der Waals surface area contributed by atoms with Gasteiger partial charge in [-0.15, -0.1) is 0 Å². The van der Waals surface area contributed by atoms with Crippen LogP contribution in [0.4, 0.5) is 4.79 Å². The molecule has 1 aromatic rings. The van der Waals surface area contributed by atoms with E-state index in [-0.39, 0.29) is 12.1 Å². The molecule has 0 aliphatic heterocycles. The number of benzene rings is 1. The highest BCUT2D eigenvalue weighted by Crippen LogP contribution is 2.25. The van der Waals surface area contributed by atoms with Crippen LogP contribution >= 0.6 is 0 Å². The standard InChI is InChI=1S/C25H42N2O4/c1-26(18-20-29-3)17-9-4-5-10-19-30-24-15-13-23(14-16-24)27(2)25(28)31-21-22-11-7-6-8-12-22/h6-8,11-12,23-24H,4-5,9-10,13-21H2,1-3H3. The first-order valence-electron chi connectivity index (χ1n) is 11.8. The molecule has 1 aliphatic carbocycles. The van der Waals surface area contributed by atoms with Crippen molar-refractivity contribution in [2.45, 2.75) is 70.1 Å². The monoisotopic (exact) mass is 434 g/mol. The van der Waals surface area contributed by atoms with Crippen LogP contribution in [0.2, 0.25) is 0 Å². The summed E-state index contributed by atoms with van der Waals surface area (Å²) in [5.74, 6) is 0. The van der Waals surface area contributed by atoms with Gasteiger partial charge in [-0.05, 0) is 57.7 Å². The van der Waals surface area contributed by atoms with Crippen molar-refractivity contribution < 1.29 is 19.0 Å². The van der Waals surface area contributed by atoms with E-state index in [4.69, 9.17) is 14.2 Å². The number of carbonyl (C=O) groups is 1. The zero-order valence-electron chi connectivity index (χ0n) is 19.8. The fourth-order valence-corrected chi connectivity index (χ4v) is 4.02. The predicted molar refractivity (Wildman–Crippen MR) is 124 cm³/mol. The summed E-state index contributed by atoms with van der Waals surface area (Å²) in [7, 11) is 5.75. The molecule has 0 bridgehead atoms. The quantitative estimate of drug-likeness (QED) is 0.397. The van der Waals surface area contributed by atoms with Gasteiger partial charge in [0.05, 0.1) is 12.7 Å². The van der Waals surface area contributed by atoms with Gasteiger partial charge in [0.2, 0.25) is 0 Å². The molecule has 1 aromatic carbocycles. The molecule has 0 saturated heterocycles. The molecular formula is C25H42N2O4. The van der Waals surface area contributed by atoms with E-state index >= 15 is 0 Å². The second-order valence-corrected chi connectivity index (χ2v) is 8.66. The van der Waals surface area contributed by atoms with E-state index in [0.29, 0.717) is 12.7 Å². The topological polar surface area (TPSA) is 51.2 Å². The second-order valence-electron chi connectivity index (χ2n) is 8.66. The van der Waals surface area contributed by atoms with Crippen molar-refractivity contribution in [2.24, 2.45) is 0 Å². The number of methoxy groups -OCH3 is 1. The lowest BCUT2D eigenvalue weighted by Gasteiger charge is -2.34. The molecule has 0 unspecified atom stereocenters. The summed E-state index contributed by atoms with van der Waals surface area (Å²) in [5, 5.41) is 0. The van der Waals surface area contributed by atoms with E-state index in [9.17, 15) is 4.79 Å². The average Bonchev–Trinajstić information content (AvgIpc) is 2.81. The van der Waals surface area contributed by atoms with Crippen LogP contribution in [-0.2, 0) is 20.8 Å². The van der Waals surface area contributed by atoms with Gasteiger partial charge in [0.25, 0.3) is 0 Å². The Morgan fingerprint density at radius 2 is 1.65 bits per heavy atom. The van der Waals surface area contributed by atoms with Gasteiger partial charge in [0.15, 0.2) is 0 Å². The summed E-state index contributed by atoms with van der Waals surface area (Å²) >= 11 is 0. The van der Waals surface area contributed by atoms with Crippen LogP contribution in [0.25, 0.3) is 0 Å². The van der Waals surface area contributed by atoms with Crippen LogP contribution in [0.3, 0.4) is 0 Å². The van der Waals surface area contributed by atoms with Crippen molar-refractivity contribution in [3.8, 4) is 0 Å². The normalized spacial score (nSPS) is 18.8. The molecule has 0 heterocycles. The van der Waals surface area contributed by atoms with Gasteiger partial charge in [-0.2, -0.15) is 0 Å². The van der Waals surface area contributed by atoms with Crippen LogP contribution in [0.1, 0.15) is 56.9 Å². The Bertz CT molecular complexity index is 590. The summed E-state index contributed by atoms with van der Waals surface area (Å²) in [6.07, 6.45) is 8.95. The number of ether oxygens (including phenoxy) is 3.